The molecule has 2 amide bonds. The van der Waals surface area contributed by atoms with Crippen LogP contribution in [-0.4, -0.2) is 42.0 Å². The first-order valence-electron chi connectivity index (χ1n) is 3.73. The molecule has 1 rings (SSSR count). The summed E-state index contributed by atoms with van der Waals surface area (Å²) in [5.74, 6) is 0. The van der Waals surface area contributed by atoms with Crippen molar-refractivity contribution in [3.63, 3.8) is 0 Å². The highest BCUT2D eigenvalue weighted by Crippen LogP contribution is 2.06. The van der Waals surface area contributed by atoms with Crippen molar-refractivity contribution in [1.29, 1.82) is 0 Å². The molecule has 1 aliphatic heterocycles. The topological polar surface area (TPSA) is 23.6 Å². The number of urea groups is 1. The summed E-state index contributed by atoms with van der Waals surface area (Å²) in [5, 5.41) is 0. The maximum absolute atomic E-state index is 11.3. The van der Waals surface area contributed by atoms with E-state index in [4.69, 9.17) is 0 Å². The van der Waals surface area contributed by atoms with Gasteiger partial charge in [-0.15, -0.1) is 6.58 Å². The van der Waals surface area contributed by atoms with Crippen LogP contribution >= 0.6 is 0 Å². The average Bonchev–Trinajstić information content (AvgIpc) is 2.34. The minimum atomic E-state index is 0.0832. The molecule has 0 aromatic carbocycles. The van der Waals surface area contributed by atoms with E-state index in [1.807, 2.05) is 0 Å². The summed E-state index contributed by atoms with van der Waals surface area (Å²) in [6.07, 6.45) is 1.74. The molecule has 0 aromatic heterocycles. The molecule has 0 aromatic rings. The minimum Gasteiger partial charge on any atom is -0.323 e. The third-order valence-electron chi connectivity index (χ3n) is 1.80. The van der Waals surface area contributed by atoms with E-state index in [0.29, 0.717) is 13.1 Å². The second-order valence-corrected chi connectivity index (χ2v) is 2.50. The van der Waals surface area contributed by atoms with E-state index in [1.54, 1.807) is 15.9 Å². The highest BCUT2D eigenvalue weighted by molar-refractivity contribution is 5.76. The number of carbonyl (C=O) groups is 1. The first kappa shape index (κ1) is 8.11. The van der Waals surface area contributed by atoms with E-state index < -0.39 is 0 Å². The SMILES string of the molecule is [CH2]CN1CCN(CC=C)C1=O. The Bertz CT molecular complexity index is 167. The molecule has 1 saturated heterocycles. The molecule has 0 saturated carbocycles. The summed E-state index contributed by atoms with van der Waals surface area (Å²) >= 11 is 0. The van der Waals surface area contributed by atoms with Crippen molar-refractivity contribution in [2.45, 2.75) is 0 Å². The molecule has 61 valence electrons. The first-order chi connectivity index (χ1) is 5.29. The predicted molar refractivity (Wildman–Crippen MR) is 44.1 cm³/mol. The van der Waals surface area contributed by atoms with Crippen LogP contribution in [-0.2, 0) is 0 Å². The summed E-state index contributed by atoms with van der Waals surface area (Å²) in [7, 11) is 0. The van der Waals surface area contributed by atoms with Crippen LogP contribution in [0.15, 0.2) is 12.7 Å². The van der Waals surface area contributed by atoms with E-state index in [0.717, 1.165) is 13.1 Å². The largest absolute Gasteiger partial charge is 0.323 e. The van der Waals surface area contributed by atoms with Gasteiger partial charge in [0.15, 0.2) is 0 Å². The van der Waals surface area contributed by atoms with Crippen molar-refractivity contribution in [3.05, 3.63) is 19.6 Å². The van der Waals surface area contributed by atoms with Gasteiger partial charge in [0.05, 0.1) is 0 Å². The Morgan fingerprint density at radius 2 is 2.09 bits per heavy atom. The number of rotatable bonds is 3. The normalized spacial score (nSPS) is 17.7. The van der Waals surface area contributed by atoms with Crippen molar-refractivity contribution in [2.24, 2.45) is 0 Å². The fourth-order valence-corrected chi connectivity index (χ4v) is 1.17. The van der Waals surface area contributed by atoms with Gasteiger partial charge in [0.25, 0.3) is 0 Å². The average molecular weight is 153 g/mol. The minimum absolute atomic E-state index is 0.0832. The standard InChI is InChI=1S/C8H13N2O/c1-3-5-10-7-6-9(4-2)8(10)11/h3H,1-2,4-7H2. The quantitative estimate of drug-likeness (QED) is 0.549. The van der Waals surface area contributed by atoms with Crippen molar-refractivity contribution in [1.82, 2.24) is 9.80 Å². The van der Waals surface area contributed by atoms with Gasteiger partial charge >= 0.3 is 6.03 Å². The zero-order chi connectivity index (χ0) is 8.27. The fourth-order valence-electron chi connectivity index (χ4n) is 1.17. The predicted octanol–water partition coefficient (Wildman–Crippen LogP) is 0.744. The third-order valence-corrected chi connectivity index (χ3v) is 1.80. The Hall–Kier alpha value is -0.990. The van der Waals surface area contributed by atoms with E-state index in [-0.39, 0.29) is 6.03 Å². The molecule has 11 heavy (non-hydrogen) atoms. The summed E-state index contributed by atoms with van der Waals surface area (Å²) in [4.78, 5) is 14.8. The molecule has 1 aliphatic rings. The van der Waals surface area contributed by atoms with Crippen LogP contribution in [0.4, 0.5) is 4.79 Å². The molecule has 1 radical (unpaired) electrons. The molecular formula is C8H13N2O. The summed E-state index contributed by atoms with van der Waals surface area (Å²) < 4.78 is 0. The lowest BCUT2D eigenvalue weighted by molar-refractivity contribution is 0.198. The zero-order valence-electron chi connectivity index (χ0n) is 6.62. The number of amides is 2. The molecule has 0 bridgehead atoms. The lowest BCUT2D eigenvalue weighted by atomic mass is 10.5. The van der Waals surface area contributed by atoms with E-state index in [1.165, 1.54) is 0 Å². The highest BCUT2D eigenvalue weighted by Gasteiger charge is 2.25. The van der Waals surface area contributed by atoms with Gasteiger partial charge < -0.3 is 9.80 Å². The second-order valence-electron chi connectivity index (χ2n) is 2.50. The van der Waals surface area contributed by atoms with Gasteiger partial charge in [0.1, 0.15) is 0 Å². The maximum atomic E-state index is 11.3. The van der Waals surface area contributed by atoms with E-state index in [9.17, 15) is 4.79 Å². The molecule has 1 fully saturated rings. The Kier molecular flexibility index (Phi) is 2.52. The Morgan fingerprint density at radius 3 is 2.55 bits per heavy atom. The first-order valence-corrected chi connectivity index (χ1v) is 3.73. The van der Waals surface area contributed by atoms with Gasteiger partial charge in [-0.1, -0.05) is 6.08 Å². The molecule has 3 nitrogen and oxygen atoms in total. The van der Waals surface area contributed by atoms with Gasteiger partial charge in [0.2, 0.25) is 0 Å². The van der Waals surface area contributed by atoms with E-state index in [2.05, 4.69) is 13.5 Å². The molecule has 0 N–H and O–H groups in total. The van der Waals surface area contributed by atoms with E-state index >= 15 is 0 Å². The Balaban J connectivity index is 2.48. The lowest BCUT2D eigenvalue weighted by Gasteiger charge is -2.14. The molecule has 1 heterocycles. The lowest BCUT2D eigenvalue weighted by Crippen LogP contribution is -2.31. The maximum Gasteiger partial charge on any atom is 0.320 e. The van der Waals surface area contributed by atoms with Crippen molar-refractivity contribution in [3.8, 4) is 0 Å². The van der Waals surface area contributed by atoms with Crippen LogP contribution in [0.5, 0.6) is 0 Å². The monoisotopic (exact) mass is 153 g/mol. The molecule has 0 atom stereocenters. The number of hydrogen-bond acceptors (Lipinski definition) is 1. The van der Waals surface area contributed by atoms with Gasteiger partial charge in [0, 0.05) is 26.2 Å². The Morgan fingerprint density at radius 1 is 1.45 bits per heavy atom. The Labute approximate surface area is 67.3 Å². The van der Waals surface area contributed by atoms with Crippen LogP contribution in [0.25, 0.3) is 0 Å². The molecule has 0 spiro atoms. The zero-order valence-corrected chi connectivity index (χ0v) is 6.62. The fraction of sp³-hybridized carbons (Fsp3) is 0.500. The van der Waals surface area contributed by atoms with Crippen LogP contribution in [0.2, 0.25) is 0 Å². The summed E-state index contributed by atoms with van der Waals surface area (Å²) in [5.41, 5.74) is 0. The number of carbonyl (C=O) groups excluding carboxylic acids is 1. The van der Waals surface area contributed by atoms with Crippen molar-refractivity contribution in [2.75, 3.05) is 26.2 Å². The summed E-state index contributed by atoms with van der Waals surface area (Å²) in [6, 6.07) is 0.0832. The highest BCUT2D eigenvalue weighted by atomic mass is 16.2. The third kappa shape index (κ3) is 1.53. The van der Waals surface area contributed by atoms with Crippen LogP contribution in [0.1, 0.15) is 0 Å². The van der Waals surface area contributed by atoms with Crippen molar-refractivity contribution >= 4 is 6.03 Å². The van der Waals surface area contributed by atoms with Gasteiger partial charge in [-0.2, -0.15) is 0 Å². The van der Waals surface area contributed by atoms with Gasteiger partial charge in [-0.3, -0.25) is 0 Å². The van der Waals surface area contributed by atoms with Crippen LogP contribution < -0.4 is 0 Å². The molecule has 3 heteroatoms. The van der Waals surface area contributed by atoms with Gasteiger partial charge in [-0.25, -0.2) is 4.79 Å². The smallest absolute Gasteiger partial charge is 0.320 e. The van der Waals surface area contributed by atoms with Crippen LogP contribution in [0, 0.1) is 6.92 Å². The number of nitrogens with zero attached hydrogens (tertiary/aromatic N) is 2. The van der Waals surface area contributed by atoms with Crippen LogP contribution in [0.3, 0.4) is 0 Å². The summed E-state index contributed by atoms with van der Waals surface area (Å²) in [6.45, 7) is 10.1. The van der Waals surface area contributed by atoms with Crippen molar-refractivity contribution < 1.29 is 4.79 Å². The second kappa shape index (κ2) is 3.42. The molecular weight excluding hydrogens is 140 g/mol. The number of hydrogen-bond donors (Lipinski definition) is 0. The molecule has 0 unspecified atom stereocenters. The van der Waals surface area contributed by atoms with Gasteiger partial charge in [-0.05, 0) is 6.92 Å². The molecule has 0 aliphatic carbocycles.